The Bertz CT molecular complexity index is 953. The van der Waals surface area contributed by atoms with Crippen LogP contribution in [0.3, 0.4) is 0 Å². The van der Waals surface area contributed by atoms with E-state index in [2.05, 4.69) is 5.32 Å². The van der Waals surface area contributed by atoms with E-state index < -0.39 is 10.0 Å². The van der Waals surface area contributed by atoms with Crippen LogP contribution in [0.2, 0.25) is 5.02 Å². The Morgan fingerprint density at radius 2 is 1.67 bits per heavy atom. The number of sulfonamides is 1. The van der Waals surface area contributed by atoms with Crippen LogP contribution < -0.4 is 9.62 Å². The standard InChI is InChI=1S/C23H29ClN2O3S/c1-18-12-14-22(15-13-18)30(28,29)26(21-11-7-8-19(24)16-21)17-23(27)25-20-9-5-3-2-4-6-10-20/h7-8,11-16,20H,2-6,9-10,17H2,1H3,(H,25,27). The molecular formula is C23H29ClN2O3S. The molecule has 1 saturated carbocycles. The second-order valence-corrected chi connectivity index (χ2v) is 10.2. The summed E-state index contributed by atoms with van der Waals surface area (Å²) in [5, 5.41) is 3.47. The van der Waals surface area contributed by atoms with Gasteiger partial charge in [-0.1, -0.05) is 67.5 Å². The van der Waals surface area contributed by atoms with Crippen molar-refractivity contribution in [3.05, 3.63) is 59.1 Å². The highest BCUT2D eigenvalue weighted by Gasteiger charge is 2.28. The number of amides is 1. The van der Waals surface area contributed by atoms with E-state index in [1.807, 2.05) is 6.92 Å². The first kappa shape index (κ1) is 22.6. The van der Waals surface area contributed by atoms with Gasteiger partial charge in [-0.2, -0.15) is 0 Å². The van der Waals surface area contributed by atoms with Crippen molar-refractivity contribution in [1.29, 1.82) is 0 Å². The summed E-state index contributed by atoms with van der Waals surface area (Å²) in [6, 6.07) is 13.3. The molecule has 7 heteroatoms. The number of hydrogen-bond acceptors (Lipinski definition) is 3. The minimum atomic E-state index is -3.92. The van der Waals surface area contributed by atoms with Gasteiger partial charge >= 0.3 is 0 Å². The Hall–Kier alpha value is -2.05. The van der Waals surface area contributed by atoms with E-state index in [0.29, 0.717) is 10.7 Å². The molecule has 2 aromatic rings. The highest BCUT2D eigenvalue weighted by atomic mass is 35.5. The van der Waals surface area contributed by atoms with E-state index in [0.717, 1.165) is 35.6 Å². The molecule has 1 aliphatic rings. The Labute approximate surface area is 184 Å². The van der Waals surface area contributed by atoms with Gasteiger partial charge in [-0.15, -0.1) is 0 Å². The maximum absolute atomic E-state index is 13.4. The molecule has 0 atom stereocenters. The molecule has 0 bridgehead atoms. The zero-order valence-corrected chi connectivity index (χ0v) is 18.9. The molecule has 0 heterocycles. The lowest BCUT2D eigenvalue weighted by molar-refractivity contribution is -0.120. The van der Waals surface area contributed by atoms with Gasteiger partial charge in [-0.3, -0.25) is 9.10 Å². The number of nitrogens with one attached hydrogen (secondary N) is 1. The molecule has 0 spiro atoms. The van der Waals surface area contributed by atoms with E-state index >= 15 is 0 Å². The summed E-state index contributed by atoms with van der Waals surface area (Å²) in [6.07, 6.45) is 7.67. The van der Waals surface area contributed by atoms with E-state index in [1.54, 1.807) is 48.5 Å². The van der Waals surface area contributed by atoms with Crippen molar-refractivity contribution in [3.8, 4) is 0 Å². The fourth-order valence-electron chi connectivity index (χ4n) is 3.79. The average Bonchev–Trinajstić information content (AvgIpc) is 2.68. The van der Waals surface area contributed by atoms with Gasteiger partial charge in [-0.25, -0.2) is 8.42 Å². The van der Waals surface area contributed by atoms with Gasteiger partial charge in [-0.05, 0) is 50.1 Å². The fourth-order valence-corrected chi connectivity index (χ4v) is 5.39. The fraction of sp³-hybridized carbons (Fsp3) is 0.435. The number of halogens is 1. The summed E-state index contributed by atoms with van der Waals surface area (Å²) < 4.78 is 27.9. The van der Waals surface area contributed by atoms with Crippen molar-refractivity contribution in [2.24, 2.45) is 0 Å². The maximum atomic E-state index is 13.4. The van der Waals surface area contributed by atoms with Crippen LogP contribution in [0.5, 0.6) is 0 Å². The molecule has 0 radical (unpaired) electrons. The van der Waals surface area contributed by atoms with Gasteiger partial charge < -0.3 is 5.32 Å². The summed E-state index contributed by atoms with van der Waals surface area (Å²) in [6.45, 7) is 1.61. The smallest absolute Gasteiger partial charge is 0.264 e. The molecule has 1 aliphatic carbocycles. The first-order chi connectivity index (χ1) is 14.4. The number of anilines is 1. The molecule has 162 valence electrons. The molecule has 1 fully saturated rings. The third kappa shape index (κ3) is 5.99. The van der Waals surface area contributed by atoms with Crippen LogP contribution in [0, 0.1) is 6.92 Å². The molecule has 1 amide bonds. The highest BCUT2D eigenvalue weighted by molar-refractivity contribution is 7.92. The largest absolute Gasteiger partial charge is 0.352 e. The van der Waals surface area contributed by atoms with Crippen LogP contribution in [0.1, 0.15) is 50.5 Å². The monoisotopic (exact) mass is 448 g/mol. The average molecular weight is 449 g/mol. The Morgan fingerprint density at radius 3 is 2.30 bits per heavy atom. The normalized spacial score (nSPS) is 15.8. The van der Waals surface area contributed by atoms with E-state index in [-0.39, 0.29) is 23.4 Å². The Kier molecular flexibility index (Phi) is 7.78. The Balaban J connectivity index is 1.84. The zero-order valence-electron chi connectivity index (χ0n) is 17.3. The van der Waals surface area contributed by atoms with E-state index in [1.165, 1.54) is 19.3 Å². The molecule has 0 aromatic heterocycles. The lowest BCUT2D eigenvalue weighted by atomic mass is 9.97. The van der Waals surface area contributed by atoms with Crippen molar-refractivity contribution >= 4 is 33.2 Å². The van der Waals surface area contributed by atoms with Crippen LogP contribution in [-0.2, 0) is 14.8 Å². The number of nitrogens with zero attached hydrogens (tertiary/aromatic N) is 1. The van der Waals surface area contributed by atoms with E-state index in [9.17, 15) is 13.2 Å². The molecule has 0 unspecified atom stereocenters. The van der Waals surface area contributed by atoms with E-state index in [4.69, 9.17) is 11.6 Å². The maximum Gasteiger partial charge on any atom is 0.264 e. The summed E-state index contributed by atoms with van der Waals surface area (Å²) in [5.41, 5.74) is 1.33. The third-order valence-electron chi connectivity index (χ3n) is 5.46. The zero-order chi connectivity index (χ0) is 21.6. The van der Waals surface area contributed by atoms with Crippen molar-refractivity contribution in [3.63, 3.8) is 0 Å². The first-order valence-electron chi connectivity index (χ1n) is 10.5. The van der Waals surface area contributed by atoms with Crippen molar-refractivity contribution in [2.45, 2.75) is 62.8 Å². The molecular weight excluding hydrogens is 420 g/mol. The van der Waals surface area contributed by atoms with Gasteiger partial charge in [0.25, 0.3) is 10.0 Å². The molecule has 1 N–H and O–H groups in total. The second-order valence-electron chi connectivity index (χ2n) is 7.91. The molecule has 5 nitrogen and oxygen atoms in total. The van der Waals surface area contributed by atoms with Crippen LogP contribution in [-0.4, -0.2) is 26.9 Å². The molecule has 0 saturated heterocycles. The lowest BCUT2D eigenvalue weighted by Crippen LogP contribution is -2.44. The molecule has 30 heavy (non-hydrogen) atoms. The third-order valence-corrected chi connectivity index (χ3v) is 7.49. The molecule has 0 aliphatic heterocycles. The second kappa shape index (κ2) is 10.3. The van der Waals surface area contributed by atoms with Crippen molar-refractivity contribution in [1.82, 2.24) is 5.32 Å². The highest BCUT2D eigenvalue weighted by Crippen LogP contribution is 2.26. The number of aryl methyl sites for hydroxylation is 1. The van der Waals surface area contributed by atoms with Gasteiger partial charge in [0.15, 0.2) is 0 Å². The lowest BCUT2D eigenvalue weighted by Gasteiger charge is -2.26. The number of carbonyl (C=O) groups excluding carboxylic acids is 1. The van der Waals surface area contributed by atoms with Gasteiger partial charge in [0.1, 0.15) is 6.54 Å². The van der Waals surface area contributed by atoms with Gasteiger partial charge in [0.05, 0.1) is 10.6 Å². The SMILES string of the molecule is Cc1ccc(S(=O)(=O)N(CC(=O)NC2CCCCCCC2)c2cccc(Cl)c2)cc1. The number of benzene rings is 2. The van der Waals surface area contributed by atoms with Crippen LogP contribution in [0.15, 0.2) is 53.4 Å². The molecule has 2 aromatic carbocycles. The van der Waals surface area contributed by atoms with Crippen molar-refractivity contribution < 1.29 is 13.2 Å². The minimum Gasteiger partial charge on any atom is -0.352 e. The van der Waals surface area contributed by atoms with Gasteiger partial charge in [0.2, 0.25) is 5.91 Å². The van der Waals surface area contributed by atoms with Crippen molar-refractivity contribution in [2.75, 3.05) is 10.8 Å². The van der Waals surface area contributed by atoms with Crippen LogP contribution >= 0.6 is 11.6 Å². The molecule has 3 rings (SSSR count). The topological polar surface area (TPSA) is 66.5 Å². The summed E-state index contributed by atoms with van der Waals surface area (Å²) in [5.74, 6) is -0.295. The van der Waals surface area contributed by atoms with Crippen LogP contribution in [0.4, 0.5) is 5.69 Å². The predicted molar refractivity (Wildman–Crippen MR) is 121 cm³/mol. The van der Waals surface area contributed by atoms with Crippen LogP contribution in [0.25, 0.3) is 0 Å². The summed E-state index contributed by atoms with van der Waals surface area (Å²) in [4.78, 5) is 13.0. The minimum absolute atomic E-state index is 0.0982. The number of rotatable bonds is 6. The quantitative estimate of drug-likeness (QED) is 0.670. The summed E-state index contributed by atoms with van der Waals surface area (Å²) >= 11 is 6.11. The first-order valence-corrected chi connectivity index (χ1v) is 12.3. The number of hydrogen-bond donors (Lipinski definition) is 1. The number of carbonyl (C=O) groups is 1. The van der Waals surface area contributed by atoms with Gasteiger partial charge in [0, 0.05) is 11.1 Å². The predicted octanol–water partition coefficient (Wildman–Crippen LogP) is 5.07. The summed E-state index contributed by atoms with van der Waals surface area (Å²) in [7, 11) is -3.92. The Morgan fingerprint density at radius 1 is 1.03 bits per heavy atom.